The summed E-state index contributed by atoms with van der Waals surface area (Å²) in [5.41, 5.74) is -0.578. The lowest BCUT2D eigenvalue weighted by molar-refractivity contribution is -0.137. The van der Waals surface area contributed by atoms with Gasteiger partial charge in [0.15, 0.2) is 0 Å². The second-order valence-electron chi connectivity index (χ2n) is 6.73. The highest BCUT2D eigenvalue weighted by molar-refractivity contribution is 6.34. The molecule has 0 spiro atoms. The molecule has 4 nitrogen and oxygen atoms in total. The van der Waals surface area contributed by atoms with Gasteiger partial charge in [-0.3, -0.25) is 9.59 Å². The molecule has 1 N–H and O–H groups in total. The van der Waals surface area contributed by atoms with Crippen molar-refractivity contribution in [2.75, 3.05) is 18.4 Å². The normalized spacial score (nSPS) is 15.3. The molecule has 2 amide bonds. The van der Waals surface area contributed by atoms with Crippen molar-refractivity contribution in [3.63, 3.8) is 0 Å². The van der Waals surface area contributed by atoms with Gasteiger partial charge in [0.25, 0.3) is 5.91 Å². The predicted molar refractivity (Wildman–Crippen MR) is 105 cm³/mol. The topological polar surface area (TPSA) is 49.4 Å². The molecule has 2 aromatic rings. The van der Waals surface area contributed by atoms with Crippen LogP contribution in [-0.2, 0) is 11.0 Å². The first-order valence-electron chi connectivity index (χ1n) is 8.88. The van der Waals surface area contributed by atoms with Crippen molar-refractivity contribution in [3.05, 3.63) is 63.6 Å². The van der Waals surface area contributed by atoms with Gasteiger partial charge >= 0.3 is 6.18 Å². The standard InChI is InChI=1S/C20H17Cl2F3N2O2/c21-15-4-2-1-3-14(15)19(29)27-9-7-12(8-10-27)18(28)26-17-11-13(20(23,24)25)5-6-16(17)22/h1-6,11-12H,7-10H2,(H,26,28). The lowest BCUT2D eigenvalue weighted by Crippen LogP contribution is -2.41. The SMILES string of the molecule is O=C(Nc1cc(C(F)(F)F)ccc1Cl)C1CCN(C(=O)c2ccccc2Cl)CC1. The number of hydrogen-bond acceptors (Lipinski definition) is 2. The maximum absolute atomic E-state index is 12.9. The van der Waals surface area contributed by atoms with Gasteiger partial charge in [-0.1, -0.05) is 35.3 Å². The summed E-state index contributed by atoms with van der Waals surface area (Å²) in [6.45, 7) is 0.691. The maximum atomic E-state index is 12.9. The molecular formula is C20H17Cl2F3N2O2. The van der Waals surface area contributed by atoms with Crippen LogP contribution in [0.4, 0.5) is 18.9 Å². The van der Waals surface area contributed by atoms with Crippen LogP contribution in [0.1, 0.15) is 28.8 Å². The van der Waals surface area contributed by atoms with Gasteiger partial charge in [-0.15, -0.1) is 0 Å². The molecule has 1 aliphatic rings. The summed E-state index contributed by atoms with van der Waals surface area (Å²) in [4.78, 5) is 26.7. The van der Waals surface area contributed by atoms with Crippen molar-refractivity contribution < 1.29 is 22.8 Å². The Morgan fingerprint density at radius 2 is 1.66 bits per heavy atom. The Labute approximate surface area is 175 Å². The van der Waals surface area contributed by atoms with Gasteiger partial charge in [0.2, 0.25) is 5.91 Å². The van der Waals surface area contributed by atoms with Crippen molar-refractivity contribution in [3.8, 4) is 0 Å². The summed E-state index contributed by atoms with van der Waals surface area (Å²) < 4.78 is 38.6. The number of likely N-dealkylation sites (tertiary alicyclic amines) is 1. The third-order valence-electron chi connectivity index (χ3n) is 4.81. The summed E-state index contributed by atoms with van der Waals surface area (Å²) in [5, 5.41) is 2.87. The van der Waals surface area contributed by atoms with Gasteiger partial charge in [0.05, 0.1) is 26.9 Å². The maximum Gasteiger partial charge on any atom is 0.416 e. The Morgan fingerprint density at radius 1 is 1.00 bits per heavy atom. The smallest absolute Gasteiger partial charge is 0.339 e. The summed E-state index contributed by atoms with van der Waals surface area (Å²) >= 11 is 12.0. The highest BCUT2D eigenvalue weighted by Crippen LogP contribution is 2.34. The first-order valence-corrected chi connectivity index (χ1v) is 9.64. The molecule has 0 unspecified atom stereocenters. The van der Waals surface area contributed by atoms with Gasteiger partial charge in [0.1, 0.15) is 0 Å². The van der Waals surface area contributed by atoms with Crippen LogP contribution in [0.15, 0.2) is 42.5 Å². The Kier molecular flexibility index (Phi) is 6.39. The molecule has 3 rings (SSSR count). The molecule has 0 aliphatic carbocycles. The summed E-state index contributed by atoms with van der Waals surface area (Å²) in [6.07, 6.45) is -3.76. The van der Waals surface area contributed by atoms with Crippen LogP contribution in [-0.4, -0.2) is 29.8 Å². The number of carbonyl (C=O) groups is 2. The third kappa shape index (κ3) is 5.03. The van der Waals surface area contributed by atoms with Crippen molar-refractivity contribution in [1.29, 1.82) is 0 Å². The number of piperidine rings is 1. The monoisotopic (exact) mass is 444 g/mol. The van der Waals surface area contributed by atoms with Crippen LogP contribution in [0.5, 0.6) is 0 Å². The van der Waals surface area contributed by atoms with E-state index in [1.54, 1.807) is 29.2 Å². The summed E-state index contributed by atoms with van der Waals surface area (Å²) in [5.74, 6) is -1.07. The highest BCUT2D eigenvalue weighted by atomic mass is 35.5. The molecule has 1 heterocycles. The first kappa shape index (κ1) is 21.5. The lowest BCUT2D eigenvalue weighted by atomic mass is 9.95. The number of nitrogens with zero attached hydrogens (tertiary/aromatic N) is 1. The number of anilines is 1. The van der Waals surface area contributed by atoms with Crippen molar-refractivity contribution in [2.24, 2.45) is 5.92 Å². The zero-order chi connectivity index (χ0) is 21.2. The summed E-state index contributed by atoms with van der Waals surface area (Å²) in [7, 11) is 0. The molecule has 0 saturated carbocycles. The lowest BCUT2D eigenvalue weighted by Gasteiger charge is -2.31. The summed E-state index contributed by atoms with van der Waals surface area (Å²) in [6, 6.07) is 9.50. The van der Waals surface area contributed by atoms with Crippen LogP contribution in [0.25, 0.3) is 0 Å². The Hall–Kier alpha value is -2.25. The second-order valence-corrected chi connectivity index (χ2v) is 7.54. The number of carbonyl (C=O) groups excluding carboxylic acids is 2. The van der Waals surface area contributed by atoms with Crippen molar-refractivity contribution >= 4 is 40.7 Å². The minimum atomic E-state index is -4.53. The van der Waals surface area contributed by atoms with E-state index < -0.39 is 23.6 Å². The van der Waals surface area contributed by atoms with E-state index in [4.69, 9.17) is 23.2 Å². The van der Waals surface area contributed by atoms with Crippen LogP contribution < -0.4 is 5.32 Å². The van der Waals surface area contributed by atoms with E-state index in [0.29, 0.717) is 36.5 Å². The van der Waals surface area contributed by atoms with Gasteiger partial charge in [-0.2, -0.15) is 13.2 Å². The molecule has 9 heteroatoms. The molecule has 1 aliphatic heterocycles. The molecule has 2 aromatic carbocycles. The average molecular weight is 445 g/mol. The molecule has 0 aromatic heterocycles. The number of rotatable bonds is 3. The van der Waals surface area contributed by atoms with E-state index >= 15 is 0 Å². The first-order chi connectivity index (χ1) is 13.7. The fourth-order valence-electron chi connectivity index (χ4n) is 3.18. The minimum Gasteiger partial charge on any atom is -0.339 e. The molecule has 1 fully saturated rings. The fraction of sp³-hybridized carbons (Fsp3) is 0.300. The number of amides is 2. The van der Waals surface area contributed by atoms with E-state index in [-0.39, 0.29) is 16.6 Å². The van der Waals surface area contributed by atoms with Gasteiger partial charge in [-0.25, -0.2) is 0 Å². The van der Waals surface area contributed by atoms with Gasteiger partial charge in [-0.05, 0) is 43.2 Å². The zero-order valence-electron chi connectivity index (χ0n) is 15.1. The number of alkyl halides is 3. The molecule has 0 radical (unpaired) electrons. The average Bonchev–Trinajstić information content (AvgIpc) is 2.68. The van der Waals surface area contributed by atoms with Gasteiger partial charge < -0.3 is 10.2 Å². The van der Waals surface area contributed by atoms with Gasteiger partial charge in [0, 0.05) is 19.0 Å². The van der Waals surface area contributed by atoms with Crippen LogP contribution in [0.2, 0.25) is 10.0 Å². The molecule has 0 atom stereocenters. The van der Waals surface area contributed by atoms with E-state index in [2.05, 4.69) is 5.32 Å². The predicted octanol–water partition coefficient (Wildman–Crippen LogP) is 5.50. The molecule has 1 saturated heterocycles. The third-order valence-corrected chi connectivity index (χ3v) is 5.47. The molecule has 29 heavy (non-hydrogen) atoms. The highest BCUT2D eigenvalue weighted by Gasteiger charge is 2.32. The van der Waals surface area contributed by atoms with Crippen molar-refractivity contribution in [1.82, 2.24) is 4.90 Å². The number of halogens is 5. The molecule has 0 bridgehead atoms. The minimum absolute atomic E-state index is 0.0256. The van der Waals surface area contributed by atoms with E-state index in [1.165, 1.54) is 0 Å². The number of nitrogens with one attached hydrogen (secondary N) is 1. The van der Waals surface area contributed by atoms with Crippen LogP contribution in [0.3, 0.4) is 0 Å². The van der Waals surface area contributed by atoms with Crippen molar-refractivity contribution in [2.45, 2.75) is 19.0 Å². The molecular weight excluding hydrogens is 428 g/mol. The fourth-order valence-corrected chi connectivity index (χ4v) is 3.56. The number of benzene rings is 2. The van der Waals surface area contributed by atoms with E-state index in [9.17, 15) is 22.8 Å². The largest absolute Gasteiger partial charge is 0.416 e. The zero-order valence-corrected chi connectivity index (χ0v) is 16.6. The van der Waals surface area contributed by atoms with Crippen LogP contribution >= 0.6 is 23.2 Å². The van der Waals surface area contributed by atoms with E-state index in [0.717, 1.165) is 18.2 Å². The molecule has 154 valence electrons. The van der Waals surface area contributed by atoms with E-state index in [1.807, 2.05) is 0 Å². The Balaban J connectivity index is 1.62. The van der Waals surface area contributed by atoms with Crippen LogP contribution in [0, 0.1) is 5.92 Å². The quantitative estimate of drug-likeness (QED) is 0.678. The Bertz CT molecular complexity index is 926. The Morgan fingerprint density at radius 3 is 2.28 bits per heavy atom. The second kappa shape index (κ2) is 8.63. The number of hydrogen-bond donors (Lipinski definition) is 1.